The average Bonchev–Trinajstić information content (AvgIpc) is 2.96. The maximum Gasteiger partial charge on any atom is 0.156 e. The van der Waals surface area contributed by atoms with Crippen LogP contribution in [0.2, 0.25) is 5.02 Å². The van der Waals surface area contributed by atoms with Gasteiger partial charge in [0.1, 0.15) is 5.69 Å². The van der Waals surface area contributed by atoms with Crippen LogP contribution in [0.15, 0.2) is 65.2 Å². The molecule has 0 spiro atoms. The second-order valence-electron chi connectivity index (χ2n) is 4.38. The average molecular weight is 285 g/mol. The van der Waals surface area contributed by atoms with Crippen molar-refractivity contribution in [2.75, 3.05) is 5.32 Å². The van der Waals surface area contributed by atoms with E-state index in [1.807, 2.05) is 60.7 Å². The van der Waals surface area contributed by atoms with Crippen LogP contribution in [0.5, 0.6) is 0 Å². The number of hydrogen-bond acceptors (Lipinski definition) is 3. The predicted molar refractivity (Wildman–Crippen MR) is 80.7 cm³/mol. The Kier molecular flexibility index (Phi) is 3.70. The molecule has 0 fully saturated rings. The number of para-hydroxylation sites is 1. The monoisotopic (exact) mass is 284 g/mol. The fourth-order valence-corrected chi connectivity index (χ4v) is 2.13. The molecule has 4 heteroatoms. The van der Waals surface area contributed by atoms with Crippen LogP contribution >= 0.6 is 11.6 Å². The van der Waals surface area contributed by atoms with Crippen LogP contribution in [0.1, 0.15) is 5.76 Å². The Morgan fingerprint density at radius 2 is 1.75 bits per heavy atom. The second kappa shape index (κ2) is 5.80. The number of nitrogens with one attached hydrogen (secondary N) is 1. The van der Waals surface area contributed by atoms with E-state index >= 15 is 0 Å². The van der Waals surface area contributed by atoms with Gasteiger partial charge in [-0.2, -0.15) is 0 Å². The van der Waals surface area contributed by atoms with Gasteiger partial charge in [0, 0.05) is 11.6 Å². The maximum absolute atomic E-state index is 6.08. The quantitative estimate of drug-likeness (QED) is 0.760. The van der Waals surface area contributed by atoms with E-state index in [0.717, 1.165) is 22.7 Å². The van der Waals surface area contributed by atoms with Crippen LogP contribution in [-0.4, -0.2) is 5.16 Å². The minimum absolute atomic E-state index is 0.545. The van der Waals surface area contributed by atoms with Crippen molar-refractivity contribution in [3.05, 3.63) is 71.4 Å². The van der Waals surface area contributed by atoms with Gasteiger partial charge in [-0.05, 0) is 12.1 Å². The molecule has 2 aromatic carbocycles. The summed E-state index contributed by atoms with van der Waals surface area (Å²) in [6.45, 7) is 0.545. The SMILES string of the molecule is Clc1ccccc1NCc1cc(-c2ccccc2)no1. The predicted octanol–water partition coefficient (Wildman–Crippen LogP) is 4.61. The van der Waals surface area contributed by atoms with E-state index in [2.05, 4.69) is 10.5 Å². The van der Waals surface area contributed by atoms with E-state index in [1.165, 1.54) is 0 Å². The van der Waals surface area contributed by atoms with Crippen LogP contribution in [0.4, 0.5) is 5.69 Å². The molecule has 3 nitrogen and oxygen atoms in total. The molecule has 0 saturated carbocycles. The van der Waals surface area contributed by atoms with Gasteiger partial charge in [0.15, 0.2) is 5.76 Å². The summed E-state index contributed by atoms with van der Waals surface area (Å²) >= 11 is 6.08. The van der Waals surface area contributed by atoms with Gasteiger partial charge in [0.2, 0.25) is 0 Å². The number of nitrogens with zero attached hydrogens (tertiary/aromatic N) is 1. The fraction of sp³-hybridized carbons (Fsp3) is 0.0625. The van der Waals surface area contributed by atoms with Crippen LogP contribution in [-0.2, 0) is 6.54 Å². The lowest BCUT2D eigenvalue weighted by atomic mass is 10.1. The summed E-state index contributed by atoms with van der Waals surface area (Å²) < 4.78 is 5.33. The topological polar surface area (TPSA) is 38.1 Å². The maximum atomic E-state index is 6.08. The number of halogens is 1. The first-order valence-electron chi connectivity index (χ1n) is 6.32. The molecule has 0 saturated heterocycles. The van der Waals surface area contributed by atoms with Gasteiger partial charge >= 0.3 is 0 Å². The van der Waals surface area contributed by atoms with Crippen LogP contribution in [0.25, 0.3) is 11.3 Å². The Balaban J connectivity index is 1.71. The van der Waals surface area contributed by atoms with E-state index in [9.17, 15) is 0 Å². The third-order valence-corrected chi connectivity index (χ3v) is 3.29. The molecular formula is C16H13ClN2O. The Morgan fingerprint density at radius 3 is 2.55 bits per heavy atom. The molecule has 0 bridgehead atoms. The van der Waals surface area contributed by atoms with E-state index in [0.29, 0.717) is 11.6 Å². The summed E-state index contributed by atoms with van der Waals surface area (Å²) in [5.74, 6) is 0.767. The molecule has 1 aromatic heterocycles. The highest BCUT2D eigenvalue weighted by Gasteiger charge is 2.06. The highest BCUT2D eigenvalue weighted by Crippen LogP contribution is 2.22. The highest BCUT2D eigenvalue weighted by atomic mass is 35.5. The zero-order chi connectivity index (χ0) is 13.8. The zero-order valence-corrected chi connectivity index (χ0v) is 11.5. The first kappa shape index (κ1) is 12.8. The fourth-order valence-electron chi connectivity index (χ4n) is 1.93. The molecule has 3 aromatic rings. The first-order valence-corrected chi connectivity index (χ1v) is 6.70. The van der Waals surface area contributed by atoms with Gasteiger partial charge in [0.25, 0.3) is 0 Å². The molecule has 0 radical (unpaired) electrons. The molecule has 0 aliphatic rings. The molecular weight excluding hydrogens is 272 g/mol. The van der Waals surface area contributed by atoms with Crippen molar-refractivity contribution in [1.82, 2.24) is 5.16 Å². The number of benzene rings is 2. The Hall–Kier alpha value is -2.26. The van der Waals surface area contributed by atoms with Crippen molar-refractivity contribution in [2.24, 2.45) is 0 Å². The molecule has 0 unspecified atom stereocenters. The van der Waals surface area contributed by atoms with Gasteiger partial charge in [-0.3, -0.25) is 0 Å². The third-order valence-electron chi connectivity index (χ3n) is 2.96. The summed E-state index contributed by atoms with van der Waals surface area (Å²) in [6, 6.07) is 19.5. The smallest absolute Gasteiger partial charge is 0.156 e. The van der Waals surface area contributed by atoms with E-state index in [1.54, 1.807) is 0 Å². The van der Waals surface area contributed by atoms with Gasteiger partial charge < -0.3 is 9.84 Å². The summed E-state index contributed by atoms with van der Waals surface area (Å²) in [5, 5.41) is 7.99. The highest BCUT2D eigenvalue weighted by molar-refractivity contribution is 6.33. The lowest BCUT2D eigenvalue weighted by molar-refractivity contribution is 0.390. The van der Waals surface area contributed by atoms with Crippen molar-refractivity contribution in [1.29, 1.82) is 0 Å². The van der Waals surface area contributed by atoms with Gasteiger partial charge in [-0.1, -0.05) is 59.2 Å². The van der Waals surface area contributed by atoms with Crippen molar-refractivity contribution in [2.45, 2.75) is 6.54 Å². The van der Waals surface area contributed by atoms with Crippen molar-refractivity contribution in [3.63, 3.8) is 0 Å². The largest absolute Gasteiger partial charge is 0.376 e. The second-order valence-corrected chi connectivity index (χ2v) is 4.79. The minimum Gasteiger partial charge on any atom is -0.376 e. The molecule has 20 heavy (non-hydrogen) atoms. The van der Waals surface area contributed by atoms with E-state index < -0.39 is 0 Å². The van der Waals surface area contributed by atoms with E-state index in [4.69, 9.17) is 16.1 Å². The summed E-state index contributed by atoms with van der Waals surface area (Å²) in [7, 11) is 0. The molecule has 1 heterocycles. The van der Waals surface area contributed by atoms with Gasteiger partial charge in [-0.25, -0.2) is 0 Å². The number of aromatic nitrogens is 1. The van der Waals surface area contributed by atoms with Crippen LogP contribution in [0.3, 0.4) is 0 Å². The normalized spacial score (nSPS) is 10.4. The lowest BCUT2D eigenvalue weighted by Crippen LogP contribution is -1.98. The van der Waals surface area contributed by atoms with Crippen molar-refractivity contribution < 1.29 is 4.52 Å². The Bertz CT molecular complexity index is 694. The van der Waals surface area contributed by atoms with Gasteiger partial charge in [0.05, 0.1) is 17.3 Å². The Labute approximate surface area is 122 Å². The summed E-state index contributed by atoms with van der Waals surface area (Å²) in [4.78, 5) is 0. The van der Waals surface area contributed by atoms with Crippen molar-refractivity contribution in [3.8, 4) is 11.3 Å². The third kappa shape index (κ3) is 2.83. The Morgan fingerprint density at radius 1 is 1.00 bits per heavy atom. The number of hydrogen-bond donors (Lipinski definition) is 1. The molecule has 3 rings (SSSR count). The van der Waals surface area contributed by atoms with E-state index in [-0.39, 0.29) is 0 Å². The summed E-state index contributed by atoms with van der Waals surface area (Å²) in [6.07, 6.45) is 0. The standard InChI is InChI=1S/C16H13ClN2O/c17-14-8-4-5-9-15(14)18-11-13-10-16(19-20-13)12-6-2-1-3-7-12/h1-10,18H,11H2. The first-order chi connectivity index (χ1) is 9.83. The number of rotatable bonds is 4. The molecule has 0 aliphatic heterocycles. The summed E-state index contributed by atoms with van der Waals surface area (Å²) in [5.41, 5.74) is 2.76. The van der Waals surface area contributed by atoms with Crippen molar-refractivity contribution >= 4 is 17.3 Å². The number of anilines is 1. The molecule has 0 amide bonds. The van der Waals surface area contributed by atoms with Gasteiger partial charge in [-0.15, -0.1) is 0 Å². The van der Waals surface area contributed by atoms with Crippen LogP contribution < -0.4 is 5.32 Å². The van der Waals surface area contributed by atoms with Crippen LogP contribution in [0, 0.1) is 0 Å². The molecule has 1 N–H and O–H groups in total. The molecule has 0 aliphatic carbocycles. The molecule has 100 valence electrons. The molecule has 0 atom stereocenters. The zero-order valence-electron chi connectivity index (χ0n) is 10.7. The minimum atomic E-state index is 0.545. The lowest BCUT2D eigenvalue weighted by Gasteiger charge is -2.05.